The number of nitrogens with zero attached hydrogens (tertiary/aromatic N) is 1. The molecule has 3 heteroatoms. The van der Waals surface area contributed by atoms with Crippen molar-refractivity contribution in [3.63, 3.8) is 0 Å². The quantitative estimate of drug-likeness (QED) is 0.773. The third kappa shape index (κ3) is 3.16. The van der Waals surface area contributed by atoms with Crippen molar-refractivity contribution in [2.75, 3.05) is 12.3 Å². The van der Waals surface area contributed by atoms with Gasteiger partial charge in [0, 0.05) is 5.69 Å². The Kier molecular flexibility index (Phi) is 4.65. The van der Waals surface area contributed by atoms with Crippen LogP contribution in [0.4, 0.5) is 5.69 Å². The van der Waals surface area contributed by atoms with Gasteiger partial charge >= 0.3 is 0 Å². The molecule has 3 nitrogen and oxygen atoms in total. The summed E-state index contributed by atoms with van der Waals surface area (Å²) in [5, 5.41) is 8.94. The van der Waals surface area contributed by atoms with Crippen molar-refractivity contribution in [1.82, 2.24) is 0 Å². The molecule has 0 radical (unpaired) electrons. The third-order valence-electron chi connectivity index (χ3n) is 2.75. The molecule has 0 aliphatic carbocycles. The second-order valence-electron chi connectivity index (χ2n) is 3.86. The van der Waals surface area contributed by atoms with Gasteiger partial charge in [0.05, 0.1) is 12.2 Å². The Labute approximate surface area is 96.8 Å². The molecule has 0 unspecified atom stereocenters. The fourth-order valence-corrected chi connectivity index (χ4v) is 1.49. The second-order valence-corrected chi connectivity index (χ2v) is 3.86. The van der Waals surface area contributed by atoms with E-state index in [1.807, 2.05) is 0 Å². The summed E-state index contributed by atoms with van der Waals surface area (Å²) in [5.41, 5.74) is 6.70. The van der Waals surface area contributed by atoms with Crippen molar-refractivity contribution < 1.29 is 4.74 Å². The predicted molar refractivity (Wildman–Crippen MR) is 65.1 cm³/mol. The van der Waals surface area contributed by atoms with Crippen molar-refractivity contribution in [3.8, 4) is 11.8 Å². The lowest BCUT2D eigenvalue weighted by atomic mass is 10.1. The molecule has 16 heavy (non-hydrogen) atoms. The third-order valence-corrected chi connectivity index (χ3v) is 2.75. The molecule has 0 bridgehead atoms. The molecule has 1 aromatic carbocycles. The van der Waals surface area contributed by atoms with Gasteiger partial charge in [-0.1, -0.05) is 26.7 Å². The van der Waals surface area contributed by atoms with Crippen LogP contribution in [0, 0.1) is 17.2 Å². The first kappa shape index (κ1) is 12.4. The van der Waals surface area contributed by atoms with E-state index in [1.165, 1.54) is 0 Å². The summed E-state index contributed by atoms with van der Waals surface area (Å²) < 4.78 is 5.65. The van der Waals surface area contributed by atoms with Gasteiger partial charge in [0.25, 0.3) is 0 Å². The number of rotatable bonds is 5. The summed E-state index contributed by atoms with van der Waals surface area (Å²) >= 11 is 0. The maximum atomic E-state index is 8.94. The van der Waals surface area contributed by atoms with Crippen molar-refractivity contribution in [1.29, 1.82) is 5.26 Å². The van der Waals surface area contributed by atoms with Crippen LogP contribution < -0.4 is 10.5 Å². The van der Waals surface area contributed by atoms with Gasteiger partial charge in [0.2, 0.25) is 0 Å². The van der Waals surface area contributed by atoms with Crippen LogP contribution in [0.25, 0.3) is 0 Å². The van der Waals surface area contributed by atoms with E-state index in [0.29, 0.717) is 29.5 Å². The number of hydrogen-bond donors (Lipinski definition) is 1. The molecule has 0 saturated carbocycles. The first-order valence-corrected chi connectivity index (χ1v) is 5.63. The summed E-state index contributed by atoms with van der Waals surface area (Å²) in [4.78, 5) is 0. The van der Waals surface area contributed by atoms with Crippen molar-refractivity contribution >= 4 is 5.69 Å². The number of hydrogen-bond acceptors (Lipinski definition) is 3. The van der Waals surface area contributed by atoms with E-state index < -0.39 is 0 Å². The van der Waals surface area contributed by atoms with Gasteiger partial charge in [0.1, 0.15) is 11.8 Å². The minimum absolute atomic E-state index is 0.506. The van der Waals surface area contributed by atoms with Crippen LogP contribution in [-0.2, 0) is 0 Å². The summed E-state index contributed by atoms with van der Waals surface area (Å²) in [6.07, 6.45) is 2.18. The predicted octanol–water partition coefficient (Wildman–Crippen LogP) is 2.96. The molecule has 1 aromatic rings. The van der Waals surface area contributed by atoms with Crippen LogP contribution in [0.5, 0.6) is 5.75 Å². The monoisotopic (exact) mass is 218 g/mol. The van der Waals surface area contributed by atoms with E-state index in [0.717, 1.165) is 12.8 Å². The molecule has 0 aromatic heterocycles. The van der Waals surface area contributed by atoms with Crippen molar-refractivity contribution in [3.05, 3.63) is 23.8 Å². The number of ether oxygens (including phenoxy) is 1. The minimum Gasteiger partial charge on any atom is -0.492 e. The van der Waals surface area contributed by atoms with E-state index in [2.05, 4.69) is 19.9 Å². The number of benzene rings is 1. The zero-order valence-electron chi connectivity index (χ0n) is 9.86. The van der Waals surface area contributed by atoms with E-state index in [9.17, 15) is 0 Å². The van der Waals surface area contributed by atoms with Crippen molar-refractivity contribution in [2.45, 2.75) is 26.7 Å². The molecule has 0 atom stereocenters. The molecule has 0 heterocycles. The van der Waals surface area contributed by atoms with Gasteiger partial charge in [-0.25, -0.2) is 0 Å². The molecule has 1 rings (SSSR count). The minimum atomic E-state index is 0.506. The molecule has 0 spiro atoms. The summed E-state index contributed by atoms with van der Waals surface area (Å²) in [5.74, 6) is 1.17. The Morgan fingerprint density at radius 2 is 2.06 bits per heavy atom. The first-order chi connectivity index (χ1) is 7.71. The lowest BCUT2D eigenvalue weighted by Gasteiger charge is -2.14. The topological polar surface area (TPSA) is 59.0 Å². The first-order valence-electron chi connectivity index (χ1n) is 5.63. The summed E-state index contributed by atoms with van der Waals surface area (Å²) in [7, 11) is 0. The molecule has 0 aliphatic heterocycles. The van der Waals surface area contributed by atoms with E-state index in [-0.39, 0.29) is 0 Å². The number of nitrogen functional groups attached to an aromatic ring is 1. The van der Waals surface area contributed by atoms with Gasteiger partial charge in [-0.15, -0.1) is 0 Å². The van der Waals surface area contributed by atoms with E-state index >= 15 is 0 Å². The zero-order valence-corrected chi connectivity index (χ0v) is 9.86. The number of nitriles is 1. The Balaban J connectivity index is 2.70. The average Bonchev–Trinajstić information content (AvgIpc) is 2.31. The smallest absolute Gasteiger partial charge is 0.137 e. The largest absolute Gasteiger partial charge is 0.492 e. The standard InChI is InChI=1S/C13H18N2O/c1-3-10(4-2)9-16-13-6-5-12(15)7-11(13)8-14/h5-7,10H,3-4,9,15H2,1-2H3. The van der Waals surface area contributed by atoms with Gasteiger partial charge in [-0.05, 0) is 24.1 Å². The van der Waals surface area contributed by atoms with Crippen LogP contribution in [-0.4, -0.2) is 6.61 Å². The highest BCUT2D eigenvalue weighted by atomic mass is 16.5. The number of anilines is 1. The SMILES string of the molecule is CCC(CC)COc1ccc(N)cc1C#N. The Morgan fingerprint density at radius 3 is 2.62 bits per heavy atom. The molecule has 86 valence electrons. The van der Waals surface area contributed by atoms with E-state index in [4.69, 9.17) is 15.7 Å². The summed E-state index contributed by atoms with van der Waals surface area (Å²) in [6, 6.07) is 7.25. The highest BCUT2D eigenvalue weighted by molar-refractivity contribution is 5.53. The number of nitrogens with two attached hydrogens (primary N) is 1. The lowest BCUT2D eigenvalue weighted by molar-refractivity contribution is 0.240. The molecule has 0 aliphatic rings. The molecule has 0 saturated heterocycles. The van der Waals surface area contributed by atoms with Crippen LogP contribution in [0.15, 0.2) is 18.2 Å². The average molecular weight is 218 g/mol. The van der Waals surface area contributed by atoms with Crippen LogP contribution in [0.3, 0.4) is 0 Å². The maximum Gasteiger partial charge on any atom is 0.137 e. The van der Waals surface area contributed by atoms with Crippen LogP contribution >= 0.6 is 0 Å². The maximum absolute atomic E-state index is 8.94. The van der Waals surface area contributed by atoms with Gasteiger partial charge in [0.15, 0.2) is 0 Å². The Bertz CT molecular complexity index is 378. The Hall–Kier alpha value is -1.69. The van der Waals surface area contributed by atoms with E-state index in [1.54, 1.807) is 18.2 Å². The van der Waals surface area contributed by atoms with Gasteiger partial charge < -0.3 is 10.5 Å². The fourth-order valence-electron chi connectivity index (χ4n) is 1.49. The Morgan fingerprint density at radius 1 is 1.38 bits per heavy atom. The molecular formula is C13H18N2O. The van der Waals surface area contributed by atoms with Crippen molar-refractivity contribution in [2.24, 2.45) is 5.92 Å². The normalized spacial score (nSPS) is 10.1. The van der Waals surface area contributed by atoms with Crippen LogP contribution in [0.2, 0.25) is 0 Å². The molecule has 0 fully saturated rings. The zero-order chi connectivity index (χ0) is 12.0. The highest BCUT2D eigenvalue weighted by Gasteiger charge is 2.07. The fraction of sp³-hybridized carbons (Fsp3) is 0.462. The van der Waals surface area contributed by atoms with Gasteiger partial charge in [-0.3, -0.25) is 0 Å². The molecular weight excluding hydrogens is 200 g/mol. The van der Waals surface area contributed by atoms with Gasteiger partial charge in [-0.2, -0.15) is 5.26 Å². The molecule has 0 amide bonds. The van der Waals surface area contributed by atoms with Crippen LogP contribution in [0.1, 0.15) is 32.3 Å². The highest BCUT2D eigenvalue weighted by Crippen LogP contribution is 2.21. The lowest BCUT2D eigenvalue weighted by Crippen LogP contribution is -2.10. The summed E-state index contributed by atoms with van der Waals surface area (Å²) in [6.45, 7) is 4.95. The molecule has 2 N–H and O–H groups in total. The second kappa shape index (κ2) is 6.02.